The summed E-state index contributed by atoms with van der Waals surface area (Å²) in [5.41, 5.74) is 1.52. The minimum atomic E-state index is -0.162. The van der Waals surface area contributed by atoms with E-state index in [0.717, 1.165) is 22.9 Å². The number of aromatic amines is 1. The van der Waals surface area contributed by atoms with Gasteiger partial charge in [0, 0.05) is 11.1 Å². The first-order chi connectivity index (χ1) is 10.6. The Morgan fingerprint density at radius 1 is 1.18 bits per heavy atom. The van der Waals surface area contributed by atoms with Crippen LogP contribution in [0, 0.1) is 13.8 Å². The number of furan rings is 1. The fourth-order valence-electron chi connectivity index (χ4n) is 2.11. The molecule has 1 amide bonds. The van der Waals surface area contributed by atoms with Crippen LogP contribution in [0.2, 0.25) is 0 Å². The van der Waals surface area contributed by atoms with Crippen LogP contribution in [-0.2, 0) is 6.54 Å². The molecule has 6 nitrogen and oxygen atoms in total. The van der Waals surface area contributed by atoms with Crippen LogP contribution in [0.5, 0.6) is 0 Å². The molecule has 0 aliphatic carbocycles. The van der Waals surface area contributed by atoms with Crippen LogP contribution in [-0.4, -0.2) is 21.1 Å². The van der Waals surface area contributed by atoms with E-state index < -0.39 is 0 Å². The summed E-state index contributed by atoms with van der Waals surface area (Å²) in [5, 5.41) is 9.50. The van der Waals surface area contributed by atoms with Gasteiger partial charge in [-0.05, 0) is 38.1 Å². The summed E-state index contributed by atoms with van der Waals surface area (Å²) in [6, 6.07) is 11.1. The molecular formula is C16H16N4O2. The van der Waals surface area contributed by atoms with Crippen LogP contribution in [0.4, 0.5) is 0 Å². The molecule has 0 saturated heterocycles. The number of nitrogens with one attached hydrogen (secondary N) is 2. The number of benzene rings is 1. The van der Waals surface area contributed by atoms with E-state index in [2.05, 4.69) is 20.5 Å². The summed E-state index contributed by atoms with van der Waals surface area (Å²) in [7, 11) is 0. The molecule has 6 heteroatoms. The van der Waals surface area contributed by atoms with Gasteiger partial charge in [-0.15, -0.1) is 0 Å². The molecule has 0 spiro atoms. The van der Waals surface area contributed by atoms with Gasteiger partial charge in [0.25, 0.3) is 5.91 Å². The van der Waals surface area contributed by atoms with Crippen molar-refractivity contribution in [3.8, 4) is 11.3 Å². The normalized spacial score (nSPS) is 10.6. The second-order valence-electron chi connectivity index (χ2n) is 5.01. The van der Waals surface area contributed by atoms with E-state index >= 15 is 0 Å². The molecule has 3 aromatic rings. The maximum absolute atomic E-state index is 12.1. The second kappa shape index (κ2) is 5.85. The van der Waals surface area contributed by atoms with Gasteiger partial charge in [0.05, 0.1) is 6.54 Å². The van der Waals surface area contributed by atoms with Gasteiger partial charge in [-0.25, -0.2) is 4.98 Å². The van der Waals surface area contributed by atoms with Crippen molar-refractivity contribution in [2.45, 2.75) is 20.4 Å². The lowest BCUT2D eigenvalue weighted by atomic mass is 10.1. The van der Waals surface area contributed by atoms with Gasteiger partial charge in [0.1, 0.15) is 17.3 Å². The Balaban J connectivity index is 1.65. The highest BCUT2D eigenvalue weighted by Crippen LogP contribution is 2.22. The van der Waals surface area contributed by atoms with Gasteiger partial charge >= 0.3 is 0 Å². The third-order valence-electron chi connectivity index (χ3n) is 3.22. The molecule has 1 aromatic carbocycles. The zero-order valence-corrected chi connectivity index (χ0v) is 12.4. The highest BCUT2D eigenvalue weighted by molar-refractivity contribution is 5.94. The summed E-state index contributed by atoms with van der Waals surface area (Å²) >= 11 is 0. The Morgan fingerprint density at radius 2 is 1.95 bits per heavy atom. The Kier molecular flexibility index (Phi) is 3.74. The first kappa shape index (κ1) is 14.1. The van der Waals surface area contributed by atoms with Crippen LogP contribution < -0.4 is 5.32 Å². The number of aromatic nitrogens is 3. The molecule has 3 rings (SSSR count). The van der Waals surface area contributed by atoms with Crippen molar-refractivity contribution in [1.29, 1.82) is 0 Å². The summed E-state index contributed by atoms with van der Waals surface area (Å²) < 4.78 is 5.56. The van der Waals surface area contributed by atoms with E-state index in [1.165, 1.54) is 0 Å². The standard InChI is InChI=1S/C16H16N4O2/c1-10-3-8-14(22-10)12-4-6-13(7-5-12)16(21)17-9-15-18-11(2)19-20-15/h3-8H,9H2,1-2H3,(H,17,21)(H,18,19,20). The minimum absolute atomic E-state index is 0.162. The Labute approximate surface area is 127 Å². The van der Waals surface area contributed by atoms with E-state index in [4.69, 9.17) is 4.42 Å². The fourth-order valence-corrected chi connectivity index (χ4v) is 2.11. The predicted octanol–water partition coefficient (Wildman–Crippen LogP) is 2.61. The number of H-pyrrole nitrogens is 1. The highest BCUT2D eigenvalue weighted by atomic mass is 16.3. The van der Waals surface area contributed by atoms with Crippen molar-refractivity contribution in [2.24, 2.45) is 0 Å². The Morgan fingerprint density at radius 3 is 2.55 bits per heavy atom. The SMILES string of the molecule is Cc1nc(CNC(=O)c2ccc(-c3ccc(C)o3)cc2)n[nH]1. The zero-order chi connectivity index (χ0) is 15.5. The fraction of sp³-hybridized carbons (Fsp3) is 0.188. The average molecular weight is 296 g/mol. The number of nitrogens with zero attached hydrogens (tertiary/aromatic N) is 2. The van der Waals surface area contributed by atoms with Crippen molar-refractivity contribution in [2.75, 3.05) is 0 Å². The topological polar surface area (TPSA) is 83.8 Å². The van der Waals surface area contributed by atoms with Gasteiger partial charge in [-0.3, -0.25) is 9.89 Å². The lowest BCUT2D eigenvalue weighted by Crippen LogP contribution is -2.23. The molecule has 0 atom stereocenters. The van der Waals surface area contributed by atoms with E-state index in [-0.39, 0.29) is 5.91 Å². The minimum Gasteiger partial charge on any atom is -0.461 e. The number of carbonyl (C=O) groups is 1. The molecule has 0 saturated carbocycles. The van der Waals surface area contributed by atoms with Gasteiger partial charge in [-0.1, -0.05) is 12.1 Å². The van der Waals surface area contributed by atoms with Gasteiger partial charge < -0.3 is 9.73 Å². The summed E-state index contributed by atoms with van der Waals surface area (Å²) in [5.74, 6) is 2.78. The molecule has 2 aromatic heterocycles. The molecular weight excluding hydrogens is 280 g/mol. The van der Waals surface area contributed by atoms with Crippen molar-refractivity contribution in [1.82, 2.24) is 20.5 Å². The van der Waals surface area contributed by atoms with Crippen LogP contribution in [0.15, 0.2) is 40.8 Å². The number of amides is 1. The molecule has 0 aliphatic heterocycles. The number of carbonyl (C=O) groups excluding carboxylic acids is 1. The average Bonchev–Trinajstić information content (AvgIpc) is 3.13. The summed E-state index contributed by atoms with van der Waals surface area (Å²) in [6.45, 7) is 4.01. The number of hydrogen-bond donors (Lipinski definition) is 2. The maximum atomic E-state index is 12.1. The largest absolute Gasteiger partial charge is 0.461 e. The zero-order valence-electron chi connectivity index (χ0n) is 12.4. The molecule has 0 aliphatic rings. The smallest absolute Gasteiger partial charge is 0.251 e. The Hall–Kier alpha value is -2.89. The van der Waals surface area contributed by atoms with Crippen molar-refractivity contribution in [3.05, 3.63) is 59.4 Å². The first-order valence-electron chi connectivity index (χ1n) is 6.95. The molecule has 0 fully saturated rings. The molecule has 22 heavy (non-hydrogen) atoms. The van der Waals surface area contributed by atoms with Gasteiger partial charge in [0.15, 0.2) is 5.82 Å². The van der Waals surface area contributed by atoms with E-state index in [0.29, 0.717) is 17.9 Å². The third kappa shape index (κ3) is 3.06. The van der Waals surface area contributed by atoms with E-state index in [1.54, 1.807) is 12.1 Å². The number of hydrogen-bond acceptors (Lipinski definition) is 4. The molecule has 0 unspecified atom stereocenters. The Bertz CT molecular complexity index is 787. The molecule has 0 radical (unpaired) electrons. The van der Waals surface area contributed by atoms with Crippen LogP contribution in [0.3, 0.4) is 0 Å². The maximum Gasteiger partial charge on any atom is 0.251 e. The third-order valence-corrected chi connectivity index (χ3v) is 3.22. The molecule has 112 valence electrons. The molecule has 2 N–H and O–H groups in total. The summed E-state index contributed by atoms with van der Waals surface area (Å²) in [6.07, 6.45) is 0. The molecule has 2 heterocycles. The lowest BCUT2D eigenvalue weighted by molar-refractivity contribution is 0.0950. The van der Waals surface area contributed by atoms with E-state index in [1.807, 2.05) is 38.1 Å². The molecule has 0 bridgehead atoms. The van der Waals surface area contributed by atoms with Crippen LogP contribution in [0.25, 0.3) is 11.3 Å². The number of aryl methyl sites for hydroxylation is 2. The van der Waals surface area contributed by atoms with Gasteiger partial charge in [-0.2, -0.15) is 5.10 Å². The first-order valence-corrected chi connectivity index (χ1v) is 6.95. The van der Waals surface area contributed by atoms with Crippen LogP contribution in [0.1, 0.15) is 27.8 Å². The van der Waals surface area contributed by atoms with Crippen LogP contribution >= 0.6 is 0 Å². The van der Waals surface area contributed by atoms with E-state index in [9.17, 15) is 4.79 Å². The highest BCUT2D eigenvalue weighted by Gasteiger charge is 2.08. The predicted molar refractivity (Wildman–Crippen MR) is 81.2 cm³/mol. The quantitative estimate of drug-likeness (QED) is 0.775. The van der Waals surface area contributed by atoms with Crippen molar-refractivity contribution >= 4 is 5.91 Å². The summed E-state index contributed by atoms with van der Waals surface area (Å²) in [4.78, 5) is 16.2. The monoisotopic (exact) mass is 296 g/mol. The lowest BCUT2D eigenvalue weighted by Gasteiger charge is -2.04. The number of rotatable bonds is 4. The van der Waals surface area contributed by atoms with Crippen molar-refractivity contribution in [3.63, 3.8) is 0 Å². The van der Waals surface area contributed by atoms with Crippen molar-refractivity contribution < 1.29 is 9.21 Å². The second-order valence-corrected chi connectivity index (χ2v) is 5.01. The van der Waals surface area contributed by atoms with Gasteiger partial charge in [0.2, 0.25) is 0 Å².